The molecule has 4 nitrogen and oxygen atoms in total. The van der Waals surface area contributed by atoms with E-state index in [9.17, 15) is 4.79 Å². The number of amides is 1. The Morgan fingerprint density at radius 3 is 2.81 bits per heavy atom. The Bertz CT molecular complexity index is 410. The fraction of sp³-hybridized carbons (Fsp3) is 0.455. The Morgan fingerprint density at radius 1 is 1.44 bits per heavy atom. The normalized spacial score (nSPS) is 30.9. The van der Waals surface area contributed by atoms with Gasteiger partial charge in [-0.25, -0.2) is 4.98 Å². The van der Waals surface area contributed by atoms with Crippen LogP contribution in [0, 0.1) is 11.8 Å². The van der Waals surface area contributed by atoms with Crippen LogP contribution in [0.1, 0.15) is 10.5 Å². The lowest BCUT2D eigenvalue weighted by atomic mass is 10.3. The molecule has 0 radical (unpaired) electrons. The highest BCUT2D eigenvalue weighted by Gasteiger charge is 2.53. The predicted molar refractivity (Wildman–Crippen MR) is 63.0 cm³/mol. The zero-order chi connectivity index (χ0) is 11.1. The molecule has 0 spiro atoms. The van der Waals surface area contributed by atoms with Crippen molar-refractivity contribution >= 4 is 21.8 Å². The first-order valence-electron chi connectivity index (χ1n) is 5.39. The molecule has 1 saturated carbocycles. The first-order valence-corrected chi connectivity index (χ1v) is 6.18. The van der Waals surface area contributed by atoms with Gasteiger partial charge >= 0.3 is 0 Å². The molecule has 1 aliphatic heterocycles. The van der Waals surface area contributed by atoms with Gasteiger partial charge < -0.3 is 10.6 Å². The Balaban J connectivity index is 1.63. The van der Waals surface area contributed by atoms with E-state index < -0.39 is 0 Å². The maximum atomic E-state index is 11.8. The van der Waals surface area contributed by atoms with E-state index in [-0.39, 0.29) is 5.91 Å². The molecule has 5 heteroatoms. The number of aromatic nitrogens is 1. The topological polar surface area (TPSA) is 54.0 Å². The highest BCUT2D eigenvalue weighted by atomic mass is 79.9. The number of piperidine rings is 1. The molecule has 16 heavy (non-hydrogen) atoms. The summed E-state index contributed by atoms with van der Waals surface area (Å²) in [5.41, 5.74) is 0.487. The molecule has 84 valence electrons. The number of hydrogen-bond donors (Lipinski definition) is 2. The van der Waals surface area contributed by atoms with Gasteiger partial charge in [0.15, 0.2) is 0 Å². The monoisotopic (exact) mass is 281 g/mol. The van der Waals surface area contributed by atoms with E-state index in [2.05, 4.69) is 31.5 Å². The molecule has 2 unspecified atom stereocenters. The van der Waals surface area contributed by atoms with Crippen LogP contribution in [0.4, 0.5) is 0 Å². The lowest BCUT2D eigenvalue weighted by molar-refractivity contribution is 0.0941. The fourth-order valence-electron chi connectivity index (χ4n) is 2.37. The van der Waals surface area contributed by atoms with Crippen LogP contribution in [0.5, 0.6) is 0 Å². The van der Waals surface area contributed by atoms with Crippen molar-refractivity contribution in [2.75, 3.05) is 13.1 Å². The molecule has 1 aromatic rings. The summed E-state index contributed by atoms with van der Waals surface area (Å²) in [6.07, 6.45) is 1.64. The lowest BCUT2D eigenvalue weighted by Crippen LogP contribution is -2.32. The summed E-state index contributed by atoms with van der Waals surface area (Å²) in [6.45, 7) is 2.06. The Morgan fingerprint density at radius 2 is 2.19 bits per heavy atom. The molecule has 2 atom stereocenters. The zero-order valence-electron chi connectivity index (χ0n) is 8.61. The Kier molecular flexibility index (Phi) is 2.44. The average molecular weight is 282 g/mol. The van der Waals surface area contributed by atoms with Gasteiger partial charge in [-0.2, -0.15) is 0 Å². The van der Waals surface area contributed by atoms with Gasteiger partial charge in [0.1, 0.15) is 5.69 Å². The molecule has 3 rings (SSSR count). The third kappa shape index (κ3) is 1.74. The van der Waals surface area contributed by atoms with Gasteiger partial charge in [0.25, 0.3) is 5.91 Å². The standard InChI is InChI=1S/C11H12BrN3O/c12-6-1-2-9(14-3-6)11(16)15-10-7-4-13-5-8(7)10/h1-3,7-8,10,13H,4-5H2,(H,15,16). The molecule has 2 N–H and O–H groups in total. The van der Waals surface area contributed by atoms with Crippen LogP contribution in [-0.2, 0) is 0 Å². The minimum Gasteiger partial charge on any atom is -0.347 e. The number of pyridine rings is 1. The van der Waals surface area contributed by atoms with Gasteiger partial charge in [-0.3, -0.25) is 4.79 Å². The van der Waals surface area contributed by atoms with Gasteiger partial charge in [-0.05, 0) is 39.9 Å². The molecule has 0 bridgehead atoms. The smallest absolute Gasteiger partial charge is 0.270 e. The average Bonchev–Trinajstić information content (AvgIpc) is 2.75. The molecular formula is C11H12BrN3O. The van der Waals surface area contributed by atoms with Crippen LogP contribution < -0.4 is 10.6 Å². The van der Waals surface area contributed by atoms with E-state index in [1.165, 1.54) is 0 Å². The summed E-state index contributed by atoms with van der Waals surface area (Å²) in [5, 5.41) is 6.33. The Hall–Kier alpha value is -0.940. The molecule has 1 saturated heterocycles. The molecule has 1 amide bonds. The van der Waals surface area contributed by atoms with Gasteiger partial charge in [0.2, 0.25) is 0 Å². The zero-order valence-corrected chi connectivity index (χ0v) is 10.2. The summed E-state index contributed by atoms with van der Waals surface area (Å²) >= 11 is 3.29. The van der Waals surface area contributed by atoms with Crippen LogP contribution in [-0.4, -0.2) is 30.0 Å². The highest BCUT2D eigenvalue weighted by Crippen LogP contribution is 2.41. The van der Waals surface area contributed by atoms with Crippen molar-refractivity contribution in [1.29, 1.82) is 0 Å². The van der Waals surface area contributed by atoms with E-state index in [1.54, 1.807) is 12.3 Å². The minimum absolute atomic E-state index is 0.0631. The van der Waals surface area contributed by atoms with Crippen molar-refractivity contribution in [3.63, 3.8) is 0 Å². The summed E-state index contributed by atoms with van der Waals surface area (Å²) < 4.78 is 0.886. The number of fused-ring (bicyclic) bond motifs is 1. The predicted octanol–water partition coefficient (Wildman–Crippen LogP) is 0.792. The number of nitrogens with zero attached hydrogens (tertiary/aromatic N) is 1. The maximum absolute atomic E-state index is 11.8. The van der Waals surface area contributed by atoms with Crippen LogP contribution in [0.15, 0.2) is 22.8 Å². The number of halogens is 1. The van der Waals surface area contributed by atoms with E-state index in [0.29, 0.717) is 23.6 Å². The largest absolute Gasteiger partial charge is 0.347 e. The van der Waals surface area contributed by atoms with Crippen LogP contribution in [0.2, 0.25) is 0 Å². The molecule has 0 aromatic carbocycles. The molecule has 2 fully saturated rings. The maximum Gasteiger partial charge on any atom is 0.270 e. The first kappa shape index (κ1) is 10.2. The van der Waals surface area contributed by atoms with Crippen LogP contribution >= 0.6 is 15.9 Å². The SMILES string of the molecule is O=C(NC1C2CNCC21)c1ccc(Br)cn1. The number of nitrogens with one attached hydrogen (secondary N) is 2. The van der Waals surface area contributed by atoms with Crippen molar-refractivity contribution in [3.05, 3.63) is 28.5 Å². The summed E-state index contributed by atoms with van der Waals surface area (Å²) in [4.78, 5) is 15.9. The van der Waals surface area contributed by atoms with E-state index in [4.69, 9.17) is 0 Å². The third-order valence-corrected chi connectivity index (χ3v) is 3.82. The van der Waals surface area contributed by atoms with E-state index in [0.717, 1.165) is 17.6 Å². The fourth-order valence-corrected chi connectivity index (χ4v) is 2.60. The summed E-state index contributed by atoms with van der Waals surface area (Å²) in [5.74, 6) is 1.21. The van der Waals surface area contributed by atoms with E-state index in [1.807, 2.05) is 6.07 Å². The second-order valence-electron chi connectivity index (χ2n) is 4.35. The number of carbonyl (C=O) groups excluding carboxylic acids is 1. The first-order chi connectivity index (χ1) is 7.75. The molecular weight excluding hydrogens is 270 g/mol. The molecule has 2 aliphatic rings. The van der Waals surface area contributed by atoms with Crippen molar-refractivity contribution in [1.82, 2.24) is 15.6 Å². The second-order valence-corrected chi connectivity index (χ2v) is 5.26. The van der Waals surface area contributed by atoms with Gasteiger partial charge in [0, 0.05) is 29.8 Å². The molecule has 2 heterocycles. The lowest BCUT2D eigenvalue weighted by Gasteiger charge is -2.06. The van der Waals surface area contributed by atoms with E-state index >= 15 is 0 Å². The van der Waals surface area contributed by atoms with Gasteiger partial charge in [-0.1, -0.05) is 0 Å². The van der Waals surface area contributed by atoms with Crippen LogP contribution in [0.25, 0.3) is 0 Å². The van der Waals surface area contributed by atoms with Crippen LogP contribution in [0.3, 0.4) is 0 Å². The van der Waals surface area contributed by atoms with Crippen molar-refractivity contribution in [3.8, 4) is 0 Å². The molecule has 1 aromatic heterocycles. The molecule has 1 aliphatic carbocycles. The minimum atomic E-state index is -0.0631. The summed E-state index contributed by atoms with van der Waals surface area (Å²) in [6, 6.07) is 3.92. The number of rotatable bonds is 2. The quantitative estimate of drug-likeness (QED) is 0.843. The second kappa shape index (κ2) is 3.82. The Labute approximate surface area is 102 Å². The van der Waals surface area contributed by atoms with Crippen molar-refractivity contribution < 1.29 is 4.79 Å². The van der Waals surface area contributed by atoms with Gasteiger partial charge in [0.05, 0.1) is 0 Å². The highest BCUT2D eigenvalue weighted by molar-refractivity contribution is 9.10. The summed E-state index contributed by atoms with van der Waals surface area (Å²) in [7, 11) is 0. The number of hydrogen-bond acceptors (Lipinski definition) is 3. The number of carbonyl (C=O) groups is 1. The van der Waals surface area contributed by atoms with Crippen molar-refractivity contribution in [2.45, 2.75) is 6.04 Å². The van der Waals surface area contributed by atoms with Gasteiger partial charge in [-0.15, -0.1) is 0 Å². The third-order valence-electron chi connectivity index (χ3n) is 3.35. The van der Waals surface area contributed by atoms with Crippen molar-refractivity contribution in [2.24, 2.45) is 11.8 Å².